The van der Waals surface area contributed by atoms with Crippen LogP contribution in [0.5, 0.6) is 5.75 Å². The van der Waals surface area contributed by atoms with E-state index in [2.05, 4.69) is 4.98 Å². The predicted octanol–water partition coefficient (Wildman–Crippen LogP) is 2.35. The Morgan fingerprint density at radius 3 is 2.94 bits per heavy atom. The van der Waals surface area contributed by atoms with E-state index in [9.17, 15) is 0 Å². The van der Waals surface area contributed by atoms with Gasteiger partial charge in [-0.2, -0.15) is 0 Å². The Labute approximate surface area is 111 Å². The van der Waals surface area contributed by atoms with Gasteiger partial charge in [-0.3, -0.25) is 0 Å². The molecule has 0 saturated carbocycles. The molecule has 4 nitrogen and oxygen atoms in total. The molecule has 0 radical (unpaired) electrons. The van der Waals surface area contributed by atoms with Gasteiger partial charge in [-0.05, 0) is 18.2 Å². The van der Waals surface area contributed by atoms with Gasteiger partial charge in [0, 0.05) is 42.2 Å². The largest absolute Gasteiger partial charge is 0.497 e. The number of ether oxygens (including phenoxy) is 1. The van der Waals surface area contributed by atoms with Gasteiger partial charge in [0.2, 0.25) is 0 Å². The van der Waals surface area contributed by atoms with E-state index in [0.29, 0.717) is 0 Å². The maximum absolute atomic E-state index is 5.94. The number of hydrogen-bond donors (Lipinski definition) is 1. The number of thioether (sulfide) groups is 1. The van der Waals surface area contributed by atoms with Crippen molar-refractivity contribution in [1.29, 1.82) is 0 Å². The third kappa shape index (κ3) is 2.98. The minimum atomic E-state index is 0.792. The molecule has 0 amide bonds. The van der Waals surface area contributed by atoms with Crippen LogP contribution in [0.15, 0.2) is 35.5 Å². The maximum atomic E-state index is 5.94. The molecular weight excluding hydrogens is 246 g/mol. The van der Waals surface area contributed by atoms with Gasteiger partial charge in [0.05, 0.1) is 7.11 Å². The first-order valence-corrected chi connectivity index (χ1v) is 6.72. The van der Waals surface area contributed by atoms with E-state index in [4.69, 9.17) is 10.5 Å². The van der Waals surface area contributed by atoms with Crippen molar-refractivity contribution in [1.82, 2.24) is 9.55 Å². The molecule has 1 heterocycles. The van der Waals surface area contributed by atoms with Crippen LogP contribution in [0.3, 0.4) is 0 Å². The summed E-state index contributed by atoms with van der Waals surface area (Å²) in [6, 6.07) is 5.72. The van der Waals surface area contributed by atoms with E-state index in [-0.39, 0.29) is 0 Å². The Balaban J connectivity index is 1.96. The fourth-order valence-corrected chi connectivity index (χ4v) is 2.60. The second-order valence-corrected chi connectivity index (χ2v) is 5.09. The molecule has 2 rings (SSSR count). The molecule has 5 heteroatoms. The van der Waals surface area contributed by atoms with E-state index in [0.717, 1.165) is 34.3 Å². The zero-order valence-electron chi connectivity index (χ0n) is 10.6. The van der Waals surface area contributed by atoms with Gasteiger partial charge in [-0.25, -0.2) is 4.98 Å². The number of rotatable bonds is 5. The number of anilines is 1. The monoisotopic (exact) mass is 263 g/mol. The number of aryl methyl sites for hydroxylation is 2. The first-order valence-electron chi connectivity index (χ1n) is 5.73. The van der Waals surface area contributed by atoms with E-state index >= 15 is 0 Å². The Bertz CT molecular complexity index is 525. The first kappa shape index (κ1) is 12.8. The van der Waals surface area contributed by atoms with Gasteiger partial charge in [-0.15, -0.1) is 11.8 Å². The molecule has 1 aromatic carbocycles. The third-order valence-electron chi connectivity index (χ3n) is 2.72. The van der Waals surface area contributed by atoms with Crippen LogP contribution >= 0.6 is 11.8 Å². The van der Waals surface area contributed by atoms with E-state index in [1.165, 1.54) is 0 Å². The van der Waals surface area contributed by atoms with Gasteiger partial charge < -0.3 is 15.0 Å². The molecule has 1 aromatic heterocycles. The van der Waals surface area contributed by atoms with Crippen molar-refractivity contribution < 1.29 is 4.74 Å². The molecule has 0 aliphatic rings. The highest BCUT2D eigenvalue weighted by molar-refractivity contribution is 7.99. The highest BCUT2D eigenvalue weighted by Gasteiger charge is 2.04. The lowest BCUT2D eigenvalue weighted by atomic mass is 10.3. The summed E-state index contributed by atoms with van der Waals surface area (Å²) in [5.74, 6) is 2.87. The second kappa shape index (κ2) is 5.82. The average molecular weight is 263 g/mol. The standard InChI is InChI=1S/C13H17N3OS/c1-16-7-6-15-13(16)5-8-18-12-9-10(17-2)3-4-11(12)14/h3-4,6-7,9H,5,8,14H2,1-2H3. The SMILES string of the molecule is COc1ccc(N)c(SCCc2nccn2C)c1. The molecule has 0 fully saturated rings. The Hall–Kier alpha value is -1.62. The summed E-state index contributed by atoms with van der Waals surface area (Å²) < 4.78 is 7.23. The van der Waals surface area contributed by atoms with Crippen LogP contribution in [0.25, 0.3) is 0 Å². The number of nitrogens with zero attached hydrogens (tertiary/aromatic N) is 2. The van der Waals surface area contributed by atoms with E-state index in [1.54, 1.807) is 18.9 Å². The molecule has 96 valence electrons. The van der Waals surface area contributed by atoms with Crippen molar-refractivity contribution in [2.75, 3.05) is 18.6 Å². The number of imidazole rings is 1. The molecule has 0 atom stereocenters. The number of nitrogens with two attached hydrogens (primary N) is 1. The molecule has 2 aromatic rings. The lowest BCUT2D eigenvalue weighted by Crippen LogP contribution is -1.99. The molecular formula is C13H17N3OS. The number of hydrogen-bond acceptors (Lipinski definition) is 4. The Kier molecular flexibility index (Phi) is 4.15. The zero-order chi connectivity index (χ0) is 13.0. The van der Waals surface area contributed by atoms with Gasteiger partial charge in [-0.1, -0.05) is 0 Å². The first-order chi connectivity index (χ1) is 8.70. The molecule has 18 heavy (non-hydrogen) atoms. The minimum absolute atomic E-state index is 0.792. The molecule has 0 bridgehead atoms. The van der Waals surface area contributed by atoms with Crippen LogP contribution in [-0.4, -0.2) is 22.4 Å². The summed E-state index contributed by atoms with van der Waals surface area (Å²) >= 11 is 1.73. The summed E-state index contributed by atoms with van der Waals surface area (Å²) in [5.41, 5.74) is 6.73. The lowest BCUT2D eigenvalue weighted by Gasteiger charge is -2.07. The van der Waals surface area contributed by atoms with Crippen LogP contribution in [0, 0.1) is 0 Å². The van der Waals surface area contributed by atoms with Crippen LogP contribution in [0.2, 0.25) is 0 Å². The molecule has 0 spiro atoms. The van der Waals surface area contributed by atoms with Gasteiger partial charge in [0.25, 0.3) is 0 Å². The summed E-state index contributed by atoms with van der Waals surface area (Å²) in [5, 5.41) is 0. The van der Waals surface area contributed by atoms with E-state index < -0.39 is 0 Å². The summed E-state index contributed by atoms with van der Waals surface area (Å²) in [4.78, 5) is 5.36. The lowest BCUT2D eigenvalue weighted by molar-refractivity contribution is 0.414. The van der Waals surface area contributed by atoms with E-state index in [1.807, 2.05) is 42.2 Å². The van der Waals surface area contributed by atoms with Crippen LogP contribution < -0.4 is 10.5 Å². The Morgan fingerprint density at radius 1 is 1.44 bits per heavy atom. The molecule has 0 unspecified atom stereocenters. The summed E-state index contributed by atoms with van der Waals surface area (Å²) in [7, 11) is 3.67. The molecule has 0 aliphatic heterocycles. The normalized spacial score (nSPS) is 10.6. The number of nitrogen functional groups attached to an aromatic ring is 1. The molecule has 2 N–H and O–H groups in total. The Morgan fingerprint density at radius 2 is 2.28 bits per heavy atom. The van der Waals surface area contributed by atoms with Crippen molar-refractivity contribution in [3.63, 3.8) is 0 Å². The van der Waals surface area contributed by atoms with Crippen LogP contribution in [-0.2, 0) is 13.5 Å². The van der Waals surface area contributed by atoms with Gasteiger partial charge in [0.1, 0.15) is 11.6 Å². The number of benzene rings is 1. The van der Waals surface area contributed by atoms with Crippen LogP contribution in [0.4, 0.5) is 5.69 Å². The quantitative estimate of drug-likeness (QED) is 0.664. The zero-order valence-corrected chi connectivity index (χ0v) is 11.4. The predicted molar refractivity (Wildman–Crippen MR) is 75.0 cm³/mol. The number of aromatic nitrogens is 2. The van der Waals surface area contributed by atoms with Crippen molar-refractivity contribution in [2.45, 2.75) is 11.3 Å². The summed E-state index contributed by atoms with van der Waals surface area (Å²) in [6.07, 6.45) is 4.70. The average Bonchev–Trinajstić information content (AvgIpc) is 2.77. The van der Waals surface area contributed by atoms with Crippen molar-refractivity contribution in [2.24, 2.45) is 7.05 Å². The van der Waals surface area contributed by atoms with Gasteiger partial charge >= 0.3 is 0 Å². The molecule has 0 aliphatic carbocycles. The summed E-state index contributed by atoms with van der Waals surface area (Å²) in [6.45, 7) is 0. The maximum Gasteiger partial charge on any atom is 0.120 e. The fraction of sp³-hybridized carbons (Fsp3) is 0.308. The van der Waals surface area contributed by atoms with Gasteiger partial charge in [0.15, 0.2) is 0 Å². The fourth-order valence-electron chi connectivity index (χ4n) is 1.66. The topological polar surface area (TPSA) is 53.1 Å². The smallest absolute Gasteiger partial charge is 0.120 e. The highest BCUT2D eigenvalue weighted by Crippen LogP contribution is 2.29. The highest BCUT2D eigenvalue weighted by atomic mass is 32.2. The second-order valence-electron chi connectivity index (χ2n) is 3.96. The third-order valence-corrected chi connectivity index (χ3v) is 3.80. The number of methoxy groups -OCH3 is 1. The van der Waals surface area contributed by atoms with Crippen LogP contribution in [0.1, 0.15) is 5.82 Å². The van der Waals surface area contributed by atoms with Crippen molar-refractivity contribution in [3.05, 3.63) is 36.4 Å². The van der Waals surface area contributed by atoms with Crippen molar-refractivity contribution >= 4 is 17.4 Å². The molecule has 0 saturated heterocycles. The van der Waals surface area contributed by atoms with Crippen molar-refractivity contribution in [3.8, 4) is 5.75 Å². The minimum Gasteiger partial charge on any atom is -0.497 e.